The zero-order valence-electron chi connectivity index (χ0n) is 10.5. The Morgan fingerprint density at radius 3 is 2.75 bits per heavy atom. The van der Waals surface area contributed by atoms with Crippen molar-refractivity contribution in [3.8, 4) is 0 Å². The number of epoxide rings is 1. The normalized spacial score (nSPS) is 50.5. The summed E-state index contributed by atoms with van der Waals surface area (Å²) in [5.41, 5.74) is 3.24. The predicted octanol–water partition coefficient (Wildman–Crippen LogP) is 3.71. The van der Waals surface area contributed by atoms with Gasteiger partial charge in [0.25, 0.3) is 0 Å². The van der Waals surface area contributed by atoms with E-state index in [1.165, 1.54) is 36.8 Å². The number of allylic oxidation sites excluding steroid dienone is 2. The minimum atomic E-state index is 0.384. The van der Waals surface area contributed by atoms with Crippen LogP contribution in [0.25, 0.3) is 0 Å². The first-order valence-corrected chi connectivity index (χ1v) is 6.54. The van der Waals surface area contributed by atoms with Crippen LogP contribution in [0.15, 0.2) is 24.3 Å². The number of hydrogen-bond acceptors (Lipinski definition) is 1. The van der Waals surface area contributed by atoms with Gasteiger partial charge in [-0.15, -0.1) is 0 Å². The third-order valence-corrected chi connectivity index (χ3v) is 5.36. The van der Waals surface area contributed by atoms with E-state index in [2.05, 4.69) is 27.0 Å². The Kier molecular flexibility index (Phi) is 2.13. The summed E-state index contributed by atoms with van der Waals surface area (Å²) >= 11 is 0. The van der Waals surface area contributed by atoms with Crippen LogP contribution in [0.3, 0.4) is 0 Å². The maximum atomic E-state index is 5.67. The molecule has 88 valence electrons. The quantitative estimate of drug-likeness (QED) is 0.483. The summed E-state index contributed by atoms with van der Waals surface area (Å²) in [6, 6.07) is 0. The lowest BCUT2D eigenvalue weighted by Gasteiger charge is -2.44. The fourth-order valence-electron chi connectivity index (χ4n) is 4.06. The molecule has 1 aliphatic heterocycles. The van der Waals surface area contributed by atoms with Crippen LogP contribution in [0.2, 0.25) is 0 Å². The van der Waals surface area contributed by atoms with E-state index in [1.54, 1.807) is 0 Å². The molecule has 0 bridgehead atoms. The topological polar surface area (TPSA) is 12.5 Å². The Hall–Kier alpha value is -0.560. The summed E-state index contributed by atoms with van der Waals surface area (Å²) in [5, 5.41) is 0. The molecule has 1 spiro atoms. The summed E-state index contributed by atoms with van der Waals surface area (Å²) in [7, 11) is 0. The number of hydrogen-bond donors (Lipinski definition) is 0. The molecule has 3 fully saturated rings. The largest absolute Gasteiger partial charge is 0.369 e. The average Bonchev–Trinajstić information content (AvgIpc) is 2.93. The third-order valence-electron chi connectivity index (χ3n) is 5.36. The van der Waals surface area contributed by atoms with Gasteiger partial charge in [-0.1, -0.05) is 31.2 Å². The third kappa shape index (κ3) is 1.27. The van der Waals surface area contributed by atoms with Gasteiger partial charge in [-0.3, -0.25) is 0 Å². The van der Waals surface area contributed by atoms with Crippen molar-refractivity contribution < 1.29 is 4.74 Å². The van der Waals surface area contributed by atoms with E-state index >= 15 is 0 Å². The molecule has 1 heterocycles. The molecule has 0 N–H and O–H groups in total. The van der Waals surface area contributed by atoms with Crippen molar-refractivity contribution in [2.75, 3.05) is 0 Å². The van der Waals surface area contributed by atoms with Gasteiger partial charge in [0, 0.05) is 0 Å². The van der Waals surface area contributed by atoms with E-state index in [-0.39, 0.29) is 0 Å². The Bertz CT molecular complexity index is 356. The maximum absolute atomic E-state index is 5.67. The monoisotopic (exact) mass is 218 g/mol. The lowest BCUT2D eigenvalue weighted by atomic mass is 9.61. The summed E-state index contributed by atoms with van der Waals surface area (Å²) < 4.78 is 5.67. The minimum Gasteiger partial charge on any atom is -0.369 e. The molecule has 5 atom stereocenters. The second kappa shape index (κ2) is 3.22. The average molecular weight is 218 g/mol. The molecule has 2 saturated carbocycles. The molecule has 1 saturated heterocycles. The van der Waals surface area contributed by atoms with Crippen molar-refractivity contribution in [1.82, 2.24) is 0 Å². The molecule has 0 radical (unpaired) electrons. The van der Waals surface area contributed by atoms with Crippen LogP contribution in [0, 0.1) is 17.3 Å². The molecule has 1 nitrogen and oxygen atoms in total. The van der Waals surface area contributed by atoms with Gasteiger partial charge in [0.1, 0.15) is 0 Å². The molecule has 0 unspecified atom stereocenters. The summed E-state index contributed by atoms with van der Waals surface area (Å²) in [5.74, 6) is 1.39. The highest BCUT2D eigenvalue weighted by atomic mass is 16.6. The van der Waals surface area contributed by atoms with E-state index < -0.39 is 0 Å². The summed E-state index contributed by atoms with van der Waals surface area (Å²) in [6.45, 7) is 13.1. The van der Waals surface area contributed by atoms with Gasteiger partial charge in [0.05, 0.1) is 12.2 Å². The fourth-order valence-corrected chi connectivity index (χ4v) is 4.06. The van der Waals surface area contributed by atoms with Gasteiger partial charge in [0.2, 0.25) is 0 Å². The van der Waals surface area contributed by atoms with Crippen molar-refractivity contribution in [2.24, 2.45) is 17.3 Å². The van der Waals surface area contributed by atoms with Crippen LogP contribution in [0.1, 0.15) is 39.5 Å². The van der Waals surface area contributed by atoms with Crippen molar-refractivity contribution >= 4 is 0 Å². The van der Waals surface area contributed by atoms with E-state index in [0.29, 0.717) is 29.5 Å². The highest BCUT2D eigenvalue weighted by molar-refractivity contribution is 5.26. The van der Waals surface area contributed by atoms with Crippen molar-refractivity contribution in [1.29, 1.82) is 0 Å². The zero-order valence-corrected chi connectivity index (χ0v) is 10.5. The first kappa shape index (κ1) is 10.6. The second-order valence-electron chi connectivity index (χ2n) is 6.18. The molecule has 0 aromatic rings. The maximum Gasteiger partial charge on any atom is 0.0876 e. The van der Waals surface area contributed by atoms with Gasteiger partial charge in [-0.2, -0.15) is 0 Å². The van der Waals surface area contributed by atoms with Crippen molar-refractivity contribution in [2.45, 2.75) is 51.7 Å². The summed E-state index contributed by atoms with van der Waals surface area (Å²) in [6.07, 6.45) is 6.05. The first-order valence-electron chi connectivity index (χ1n) is 6.54. The molecule has 0 aromatic carbocycles. The molecule has 1 heteroatoms. The Morgan fingerprint density at radius 2 is 2.19 bits per heavy atom. The van der Waals surface area contributed by atoms with E-state index in [1.807, 2.05) is 0 Å². The first-order chi connectivity index (χ1) is 7.54. The van der Waals surface area contributed by atoms with Gasteiger partial charge < -0.3 is 4.74 Å². The molecule has 0 aromatic heterocycles. The van der Waals surface area contributed by atoms with Crippen molar-refractivity contribution in [3.63, 3.8) is 0 Å². The number of fused-ring (bicyclic) bond motifs is 1. The zero-order chi connectivity index (χ0) is 11.5. The van der Waals surface area contributed by atoms with E-state index in [0.717, 1.165) is 0 Å². The number of rotatable bonds is 1. The molecule has 3 rings (SSSR count). The van der Waals surface area contributed by atoms with Crippen LogP contribution < -0.4 is 0 Å². The molecule has 3 aliphatic rings. The smallest absolute Gasteiger partial charge is 0.0876 e. The lowest BCUT2D eigenvalue weighted by Crippen LogP contribution is -2.36. The number of ether oxygens (including phenoxy) is 1. The standard InChI is InChI=1S/C15H22O/c1-9(2)12-6-5-10(3)15(7-12)8-13-14(16-13)11(15)4/h11-14H,1,3,5-8H2,2,4H3/t11-,12-,13-,14+,15-/m1/s1. The molecule has 16 heavy (non-hydrogen) atoms. The lowest BCUT2D eigenvalue weighted by molar-refractivity contribution is 0.0982. The highest BCUT2D eigenvalue weighted by Gasteiger charge is 2.62. The van der Waals surface area contributed by atoms with Gasteiger partial charge in [0.15, 0.2) is 0 Å². The van der Waals surface area contributed by atoms with Gasteiger partial charge in [-0.05, 0) is 49.9 Å². The minimum absolute atomic E-state index is 0.384. The highest BCUT2D eigenvalue weighted by Crippen LogP contribution is 2.63. The van der Waals surface area contributed by atoms with E-state index in [4.69, 9.17) is 4.74 Å². The molecular formula is C15H22O. The van der Waals surface area contributed by atoms with Crippen LogP contribution in [-0.4, -0.2) is 12.2 Å². The van der Waals surface area contributed by atoms with Gasteiger partial charge >= 0.3 is 0 Å². The van der Waals surface area contributed by atoms with Crippen LogP contribution in [-0.2, 0) is 4.74 Å². The molecular weight excluding hydrogens is 196 g/mol. The second-order valence-corrected chi connectivity index (χ2v) is 6.18. The Morgan fingerprint density at radius 1 is 1.44 bits per heavy atom. The SMILES string of the molecule is C=C(C)[C@@H]1CCC(=C)[C@@]2(C1)C[C@H]1O[C@H]1[C@H]2C. The molecule has 2 aliphatic carbocycles. The Labute approximate surface area is 98.6 Å². The van der Waals surface area contributed by atoms with Gasteiger partial charge in [-0.25, -0.2) is 0 Å². The summed E-state index contributed by atoms with van der Waals surface area (Å²) in [4.78, 5) is 0. The molecule has 0 amide bonds. The fraction of sp³-hybridized carbons (Fsp3) is 0.733. The van der Waals surface area contributed by atoms with Crippen LogP contribution >= 0.6 is 0 Å². The van der Waals surface area contributed by atoms with Crippen LogP contribution in [0.4, 0.5) is 0 Å². The van der Waals surface area contributed by atoms with Crippen LogP contribution in [0.5, 0.6) is 0 Å². The predicted molar refractivity (Wildman–Crippen MR) is 66.2 cm³/mol. The van der Waals surface area contributed by atoms with Crippen molar-refractivity contribution in [3.05, 3.63) is 24.3 Å². The Balaban J connectivity index is 1.87. The van der Waals surface area contributed by atoms with E-state index in [9.17, 15) is 0 Å².